The fraction of sp³-hybridized carbons (Fsp3) is 0.300. The number of para-hydroxylation sites is 1. The largest absolute Gasteiger partial charge is 0.382 e. The minimum absolute atomic E-state index is 0.220. The van der Waals surface area contributed by atoms with E-state index in [9.17, 15) is 0 Å². The van der Waals surface area contributed by atoms with Gasteiger partial charge < -0.3 is 5.32 Å². The van der Waals surface area contributed by atoms with Crippen LogP contribution >= 0.6 is 0 Å². The Morgan fingerprint density at radius 1 is 1.42 bits per heavy atom. The van der Waals surface area contributed by atoms with Crippen molar-refractivity contribution in [3.63, 3.8) is 0 Å². The lowest BCUT2D eigenvalue weighted by atomic mass is 10.2. The number of rotatable bonds is 3. The van der Waals surface area contributed by atoms with Crippen LogP contribution in [0.1, 0.15) is 13.3 Å². The zero-order valence-corrected chi connectivity index (χ0v) is 7.12. The summed E-state index contributed by atoms with van der Waals surface area (Å²) in [4.78, 5) is 0. The van der Waals surface area contributed by atoms with Crippen molar-refractivity contribution in [3.8, 4) is 6.07 Å². The first kappa shape index (κ1) is 8.61. The van der Waals surface area contributed by atoms with Crippen LogP contribution in [0.4, 0.5) is 5.69 Å². The van der Waals surface area contributed by atoms with Gasteiger partial charge in [-0.2, -0.15) is 5.26 Å². The van der Waals surface area contributed by atoms with Gasteiger partial charge in [0, 0.05) is 11.7 Å². The summed E-state index contributed by atoms with van der Waals surface area (Å²) in [6.45, 7) is 2.00. The molecule has 0 unspecified atom stereocenters. The van der Waals surface area contributed by atoms with Gasteiger partial charge in [0.2, 0.25) is 0 Å². The fourth-order valence-corrected chi connectivity index (χ4v) is 1.01. The van der Waals surface area contributed by atoms with Gasteiger partial charge in [-0.05, 0) is 19.1 Å². The Morgan fingerprint density at radius 3 is 2.67 bits per heavy atom. The number of nitriles is 1. The van der Waals surface area contributed by atoms with Crippen LogP contribution < -0.4 is 5.32 Å². The second-order valence-corrected chi connectivity index (χ2v) is 2.77. The van der Waals surface area contributed by atoms with E-state index in [0.29, 0.717) is 6.42 Å². The van der Waals surface area contributed by atoms with Gasteiger partial charge in [0.05, 0.1) is 12.5 Å². The van der Waals surface area contributed by atoms with E-state index in [-0.39, 0.29) is 6.04 Å². The van der Waals surface area contributed by atoms with Crippen LogP contribution in [0.5, 0.6) is 0 Å². The minimum Gasteiger partial charge on any atom is -0.382 e. The number of benzene rings is 1. The van der Waals surface area contributed by atoms with Gasteiger partial charge in [0.1, 0.15) is 0 Å². The van der Waals surface area contributed by atoms with Crippen molar-refractivity contribution in [1.29, 1.82) is 5.26 Å². The van der Waals surface area contributed by atoms with E-state index in [4.69, 9.17) is 5.26 Å². The maximum atomic E-state index is 8.42. The lowest BCUT2D eigenvalue weighted by Crippen LogP contribution is -2.13. The zero-order chi connectivity index (χ0) is 8.81. The molecule has 1 N–H and O–H groups in total. The summed E-state index contributed by atoms with van der Waals surface area (Å²) in [5.74, 6) is 0. The van der Waals surface area contributed by atoms with Crippen LogP contribution in [-0.2, 0) is 0 Å². The third-order valence-corrected chi connectivity index (χ3v) is 1.58. The molecule has 2 nitrogen and oxygen atoms in total. The average Bonchev–Trinajstić information content (AvgIpc) is 2.06. The summed E-state index contributed by atoms with van der Waals surface area (Å²) in [6, 6.07) is 12.3. The Balaban J connectivity index is 2.48. The molecule has 0 aliphatic heterocycles. The lowest BCUT2D eigenvalue weighted by Gasteiger charge is -2.10. The Morgan fingerprint density at radius 2 is 2.08 bits per heavy atom. The smallest absolute Gasteiger partial charge is 0.0643 e. The van der Waals surface area contributed by atoms with E-state index in [0.717, 1.165) is 5.69 Å². The molecule has 0 aromatic heterocycles. The highest BCUT2D eigenvalue weighted by molar-refractivity contribution is 5.43. The van der Waals surface area contributed by atoms with Crippen molar-refractivity contribution in [2.75, 3.05) is 5.32 Å². The van der Waals surface area contributed by atoms with Crippen LogP contribution in [0.2, 0.25) is 0 Å². The highest BCUT2D eigenvalue weighted by Crippen LogP contribution is 2.07. The summed E-state index contributed by atoms with van der Waals surface area (Å²) >= 11 is 0. The Hall–Kier alpha value is -1.49. The van der Waals surface area contributed by atoms with E-state index in [1.807, 2.05) is 37.3 Å². The molecule has 1 rings (SSSR count). The standard InChI is InChI=1S/C10H12N2/c1-9(7-8-11)12-10-5-3-2-4-6-10/h2-6,9,12H,7H2,1H3/t9-/m1/s1. The van der Waals surface area contributed by atoms with Crippen molar-refractivity contribution >= 4 is 5.69 Å². The van der Waals surface area contributed by atoms with Crippen molar-refractivity contribution in [1.82, 2.24) is 0 Å². The van der Waals surface area contributed by atoms with E-state index < -0.39 is 0 Å². The lowest BCUT2D eigenvalue weighted by molar-refractivity contribution is 0.821. The first-order valence-electron chi connectivity index (χ1n) is 4.01. The van der Waals surface area contributed by atoms with Crippen LogP contribution in [0.25, 0.3) is 0 Å². The van der Waals surface area contributed by atoms with Gasteiger partial charge in [0.15, 0.2) is 0 Å². The summed E-state index contributed by atoms with van der Waals surface area (Å²) in [5, 5.41) is 11.6. The van der Waals surface area contributed by atoms with Crippen LogP contribution in [0.15, 0.2) is 30.3 Å². The minimum atomic E-state index is 0.220. The molecule has 0 aliphatic carbocycles. The zero-order valence-electron chi connectivity index (χ0n) is 7.12. The molecule has 0 spiro atoms. The van der Waals surface area contributed by atoms with Gasteiger partial charge in [0.25, 0.3) is 0 Å². The molecule has 0 saturated carbocycles. The van der Waals surface area contributed by atoms with E-state index in [2.05, 4.69) is 11.4 Å². The summed E-state index contributed by atoms with van der Waals surface area (Å²) < 4.78 is 0. The van der Waals surface area contributed by atoms with Crippen LogP contribution in [-0.4, -0.2) is 6.04 Å². The summed E-state index contributed by atoms with van der Waals surface area (Å²) in [7, 11) is 0. The van der Waals surface area contributed by atoms with E-state index in [1.165, 1.54) is 0 Å². The highest BCUT2D eigenvalue weighted by atomic mass is 14.9. The number of hydrogen-bond acceptors (Lipinski definition) is 2. The SMILES string of the molecule is C[C@H](CC#N)Nc1ccccc1. The second-order valence-electron chi connectivity index (χ2n) is 2.77. The van der Waals surface area contributed by atoms with Crippen molar-refractivity contribution in [3.05, 3.63) is 30.3 Å². The third kappa shape index (κ3) is 2.63. The molecule has 0 bridgehead atoms. The summed E-state index contributed by atoms with van der Waals surface area (Å²) in [5.41, 5.74) is 1.07. The molecule has 0 heterocycles. The molecule has 2 heteroatoms. The molecular formula is C10H12N2. The molecule has 0 aliphatic rings. The molecule has 12 heavy (non-hydrogen) atoms. The molecular weight excluding hydrogens is 148 g/mol. The van der Waals surface area contributed by atoms with Crippen molar-refractivity contribution < 1.29 is 0 Å². The molecule has 0 amide bonds. The molecule has 1 atom stereocenters. The molecule has 0 fully saturated rings. The number of nitrogens with zero attached hydrogens (tertiary/aromatic N) is 1. The molecule has 62 valence electrons. The quantitative estimate of drug-likeness (QED) is 0.737. The molecule has 1 aromatic rings. The van der Waals surface area contributed by atoms with Crippen LogP contribution in [0.3, 0.4) is 0 Å². The van der Waals surface area contributed by atoms with Gasteiger partial charge in [-0.1, -0.05) is 18.2 Å². The number of anilines is 1. The Labute approximate surface area is 72.8 Å². The van der Waals surface area contributed by atoms with Gasteiger partial charge >= 0.3 is 0 Å². The molecule has 0 radical (unpaired) electrons. The van der Waals surface area contributed by atoms with Gasteiger partial charge in [-0.15, -0.1) is 0 Å². The monoisotopic (exact) mass is 160 g/mol. The summed E-state index contributed by atoms with van der Waals surface area (Å²) in [6.07, 6.45) is 0.537. The molecule has 1 aromatic carbocycles. The predicted octanol–water partition coefficient (Wildman–Crippen LogP) is 2.40. The number of hydrogen-bond donors (Lipinski definition) is 1. The van der Waals surface area contributed by atoms with Crippen LogP contribution in [0, 0.1) is 11.3 Å². The number of nitrogens with one attached hydrogen (secondary N) is 1. The van der Waals surface area contributed by atoms with E-state index >= 15 is 0 Å². The van der Waals surface area contributed by atoms with Gasteiger partial charge in [-0.3, -0.25) is 0 Å². The third-order valence-electron chi connectivity index (χ3n) is 1.58. The maximum Gasteiger partial charge on any atom is 0.0643 e. The Kier molecular flexibility index (Phi) is 3.16. The second kappa shape index (κ2) is 4.40. The highest BCUT2D eigenvalue weighted by Gasteiger charge is 1.98. The normalized spacial score (nSPS) is 11.7. The maximum absolute atomic E-state index is 8.42. The van der Waals surface area contributed by atoms with Crippen molar-refractivity contribution in [2.24, 2.45) is 0 Å². The van der Waals surface area contributed by atoms with Gasteiger partial charge in [-0.25, -0.2) is 0 Å². The van der Waals surface area contributed by atoms with E-state index in [1.54, 1.807) is 0 Å². The predicted molar refractivity (Wildman–Crippen MR) is 49.8 cm³/mol. The fourth-order valence-electron chi connectivity index (χ4n) is 1.01. The molecule has 0 saturated heterocycles. The average molecular weight is 160 g/mol. The Bertz CT molecular complexity index is 261. The first-order valence-corrected chi connectivity index (χ1v) is 4.01. The topological polar surface area (TPSA) is 35.8 Å². The first-order chi connectivity index (χ1) is 5.83. The van der Waals surface area contributed by atoms with Crippen molar-refractivity contribution in [2.45, 2.75) is 19.4 Å².